The third kappa shape index (κ3) is 2.82. The summed E-state index contributed by atoms with van der Waals surface area (Å²) < 4.78 is 1.98. The van der Waals surface area contributed by atoms with Crippen LogP contribution in [-0.2, 0) is 13.2 Å². The molecule has 0 bridgehead atoms. The fraction of sp³-hybridized carbons (Fsp3) is 0.214. The summed E-state index contributed by atoms with van der Waals surface area (Å²) in [6.45, 7) is 2.37. The minimum Gasteiger partial charge on any atom is -0.392 e. The van der Waals surface area contributed by atoms with Crippen molar-refractivity contribution in [1.82, 2.24) is 4.57 Å². The third-order valence-electron chi connectivity index (χ3n) is 2.73. The second kappa shape index (κ2) is 4.97. The second-order valence-electron chi connectivity index (χ2n) is 4.10. The molecule has 0 aliphatic heterocycles. The van der Waals surface area contributed by atoms with Gasteiger partial charge in [0.25, 0.3) is 0 Å². The maximum atomic E-state index is 11.2. The van der Waals surface area contributed by atoms with E-state index in [-0.39, 0.29) is 12.4 Å². The number of aliphatic hydroxyl groups excluding tert-OH is 1. The van der Waals surface area contributed by atoms with Gasteiger partial charge in [0.1, 0.15) is 0 Å². The van der Waals surface area contributed by atoms with Crippen LogP contribution in [0.4, 0.5) is 0 Å². The van der Waals surface area contributed by atoms with Crippen LogP contribution < -0.4 is 0 Å². The Morgan fingerprint density at radius 2 is 1.82 bits per heavy atom. The average Bonchev–Trinajstić information content (AvgIpc) is 2.79. The fourth-order valence-corrected chi connectivity index (χ4v) is 1.71. The van der Waals surface area contributed by atoms with Gasteiger partial charge in [-0.2, -0.15) is 0 Å². The van der Waals surface area contributed by atoms with Crippen molar-refractivity contribution in [3.05, 3.63) is 59.4 Å². The summed E-state index contributed by atoms with van der Waals surface area (Å²) in [4.78, 5) is 11.2. The molecule has 0 saturated heterocycles. The summed E-state index contributed by atoms with van der Waals surface area (Å²) in [7, 11) is 0. The van der Waals surface area contributed by atoms with Gasteiger partial charge in [-0.05, 0) is 24.1 Å². The Hall–Kier alpha value is -1.87. The zero-order valence-electron chi connectivity index (χ0n) is 9.76. The van der Waals surface area contributed by atoms with Gasteiger partial charge in [0.15, 0.2) is 5.78 Å². The SMILES string of the molecule is CC(=O)c1ccn(Cc2ccc(CO)cc2)c1. The van der Waals surface area contributed by atoms with Crippen LogP contribution in [0.15, 0.2) is 42.7 Å². The lowest BCUT2D eigenvalue weighted by molar-refractivity contribution is 0.101. The zero-order valence-corrected chi connectivity index (χ0v) is 9.76. The molecule has 1 aromatic heterocycles. The number of hydrogen-bond acceptors (Lipinski definition) is 2. The van der Waals surface area contributed by atoms with Crippen molar-refractivity contribution in [2.45, 2.75) is 20.1 Å². The summed E-state index contributed by atoms with van der Waals surface area (Å²) in [5.41, 5.74) is 2.79. The second-order valence-corrected chi connectivity index (χ2v) is 4.10. The van der Waals surface area contributed by atoms with Crippen molar-refractivity contribution in [2.24, 2.45) is 0 Å². The van der Waals surface area contributed by atoms with Crippen molar-refractivity contribution >= 4 is 5.78 Å². The van der Waals surface area contributed by atoms with Gasteiger partial charge in [-0.3, -0.25) is 4.79 Å². The van der Waals surface area contributed by atoms with Crippen LogP contribution in [0.3, 0.4) is 0 Å². The molecular weight excluding hydrogens is 214 g/mol. The van der Waals surface area contributed by atoms with Gasteiger partial charge in [0.2, 0.25) is 0 Å². The van der Waals surface area contributed by atoms with Crippen LogP contribution in [0.1, 0.15) is 28.4 Å². The molecule has 3 nitrogen and oxygen atoms in total. The number of aromatic nitrogens is 1. The minimum atomic E-state index is 0.0677. The topological polar surface area (TPSA) is 42.2 Å². The number of ketones is 1. The summed E-state index contributed by atoms with van der Waals surface area (Å²) in [6, 6.07) is 9.61. The van der Waals surface area contributed by atoms with E-state index in [1.807, 2.05) is 47.3 Å². The number of carbonyl (C=O) groups excluding carboxylic acids is 1. The van der Waals surface area contributed by atoms with Gasteiger partial charge in [-0.1, -0.05) is 24.3 Å². The Balaban J connectivity index is 2.11. The van der Waals surface area contributed by atoms with Crippen molar-refractivity contribution in [1.29, 1.82) is 0 Å². The molecule has 0 aliphatic rings. The number of aliphatic hydroxyl groups is 1. The Morgan fingerprint density at radius 3 is 2.35 bits per heavy atom. The number of hydrogen-bond donors (Lipinski definition) is 1. The molecule has 0 atom stereocenters. The lowest BCUT2D eigenvalue weighted by Crippen LogP contribution is -1.97. The van der Waals surface area contributed by atoms with E-state index in [0.717, 1.165) is 23.2 Å². The molecule has 0 amide bonds. The molecule has 88 valence electrons. The largest absolute Gasteiger partial charge is 0.392 e. The maximum Gasteiger partial charge on any atom is 0.161 e. The predicted molar refractivity (Wildman–Crippen MR) is 65.9 cm³/mol. The van der Waals surface area contributed by atoms with E-state index < -0.39 is 0 Å². The first-order valence-electron chi connectivity index (χ1n) is 5.54. The highest BCUT2D eigenvalue weighted by molar-refractivity contribution is 5.93. The lowest BCUT2D eigenvalue weighted by atomic mass is 10.1. The van der Waals surface area contributed by atoms with Gasteiger partial charge < -0.3 is 9.67 Å². The fourth-order valence-electron chi connectivity index (χ4n) is 1.71. The van der Waals surface area contributed by atoms with Crippen LogP contribution in [0.5, 0.6) is 0 Å². The predicted octanol–water partition coefficient (Wildman–Crippen LogP) is 2.23. The summed E-state index contributed by atoms with van der Waals surface area (Å²) in [6.07, 6.45) is 3.75. The van der Waals surface area contributed by atoms with Crippen LogP contribution >= 0.6 is 0 Å². The highest BCUT2D eigenvalue weighted by Gasteiger charge is 2.02. The van der Waals surface area contributed by atoms with Crippen molar-refractivity contribution in [2.75, 3.05) is 0 Å². The number of rotatable bonds is 4. The smallest absolute Gasteiger partial charge is 0.161 e. The highest BCUT2D eigenvalue weighted by Crippen LogP contribution is 2.09. The van der Waals surface area contributed by atoms with Crippen LogP contribution in [0.2, 0.25) is 0 Å². The standard InChI is InChI=1S/C14H15NO2/c1-11(17)14-6-7-15(9-14)8-12-2-4-13(10-16)5-3-12/h2-7,9,16H,8,10H2,1H3. The molecule has 0 unspecified atom stereocenters. The van der Waals surface area contributed by atoms with Crippen molar-refractivity contribution in [3.8, 4) is 0 Å². The number of nitrogens with zero attached hydrogens (tertiary/aromatic N) is 1. The number of Topliss-reactive ketones (excluding diaryl/α,β-unsaturated/α-hetero) is 1. The molecule has 2 aromatic rings. The number of carbonyl (C=O) groups is 1. The molecule has 0 aliphatic carbocycles. The normalized spacial score (nSPS) is 10.5. The van der Waals surface area contributed by atoms with E-state index in [9.17, 15) is 4.79 Å². The van der Waals surface area contributed by atoms with Gasteiger partial charge in [-0.15, -0.1) is 0 Å². The zero-order chi connectivity index (χ0) is 12.3. The van der Waals surface area contributed by atoms with Gasteiger partial charge in [-0.25, -0.2) is 0 Å². The third-order valence-corrected chi connectivity index (χ3v) is 2.73. The molecule has 3 heteroatoms. The van der Waals surface area contributed by atoms with Crippen LogP contribution in [-0.4, -0.2) is 15.5 Å². The summed E-state index contributed by atoms with van der Waals surface area (Å²) >= 11 is 0. The van der Waals surface area contributed by atoms with E-state index in [1.54, 1.807) is 6.92 Å². The number of benzene rings is 1. The molecule has 2 rings (SSSR count). The monoisotopic (exact) mass is 229 g/mol. The minimum absolute atomic E-state index is 0.0677. The first-order valence-corrected chi connectivity index (χ1v) is 5.54. The molecule has 0 spiro atoms. The first-order chi connectivity index (χ1) is 8.19. The Bertz CT molecular complexity index is 511. The van der Waals surface area contributed by atoms with E-state index in [1.165, 1.54) is 0 Å². The highest BCUT2D eigenvalue weighted by atomic mass is 16.3. The summed E-state index contributed by atoms with van der Waals surface area (Å²) in [5.74, 6) is 0.0828. The van der Waals surface area contributed by atoms with E-state index in [2.05, 4.69) is 0 Å². The average molecular weight is 229 g/mol. The van der Waals surface area contributed by atoms with Crippen molar-refractivity contribution in [3.63, 3.8) is 0 Å². The molecule has 0 fully saturated rings. The lowest BCUT2D eigenvalue weighted by Gasteiger charge is -2.04. The van der Waals surface area contributed by atoms with Crippen LogP contribution in [0, 0.1) is 0 Å². The van der Waals surface area contributed by atoms with Gasteiger partial charge in [0.05, 0.1) is 6.61 Å². The Morgan fingerprint density at radius 1 is 1.18 bits per heavy atom. The van der Waals surface area contributed by atoms with E-state index in [4.69, 9.17) is 5.11 Å². The molecule has 1 aromatic carbocycles. The maximum absolute atomic E-state index is 11.2. The van der Waals surface area contributed by atoms with Gasteiger partial charge in [0, 0.05) is 24.5 Å². The quantitative estimate of drug-likeness (QED) is 0.817. The Kier molecular flexibility index (Phi) is 3.40. The van der Waals surface area contributed by atoms with E-state index in [0.29, 0.717) is 0 Å². The van der Waals surface area contributed by atoms with Gasteiger partial charge >= 0.3 is 0 Å². The molecule has 1 heterocycles. The molecular formula is C14H15NO2. The molecule has 1 N–H and O–H groups in total. The molecule has 0 saturated carbocycles. The molecule has 17 heavy (non-hydrogen) atoms. The summed E-state index contributed by atoms with van der Waals surface area (Å²) in [5, 5.41) is 8.94. The van der Waals surface area contributed by atoms with Crippen molar-refractivity contribution < 1.29 is 9.90 Å². The first kappa shape index (κ1) is 11.6. The molecule has 0 radical (unpaired) electrons. The van der Waals surface area contributed by atoms with E-state index >= 15 is 0 Å². The van der Waals surface area contributed by atoms with Crippen LogP contribution in [0.25, 0.3) is 0 Å². The Labute approximate surface area is 100 Å².